The minimum absolute atomic E-state index is 0.146. The fourth-order valence-corrected chi connectivity index (χ4v) is 4.74. The predicted molar refractivity (Wildman–Crippen MR) is 151 cm³/mol. The molecule has 1 aliphatic rings. The Kier molecular flexibility index (Phi) is 9.26. The van der Waals surface area contributed by atoms with Crippen LogP contribution in [0.3, 0.4) is 0 Å². The zero-order valence-corrected chi connectivity index (χ0v) is 22.9. The fraction of sp³-hybridized carbons (Fsp3) is 0.312. The minimum atomic E-state index is -0.760. The van der Waals surface area contributed by atoms with Gasteiger partial charge >= 0.3 is 0 Å². The van der Waals surface area contributed by atoms with Gasteiger partial charge in [0.25, 0.3) is 5.91 Å². The van der Waals surface area contributed by atoms with Crippen LogP contribution in [0.4, 0.5) is 0 Å². The maximum absolute atomic E-state index is 14.0. The lowest BCUT2D eigenvalue weighted by Gasteiger charge is -2.31. The molecule has 0 saturated carbocycles. The lowest BCUT2D eigenvalue weighted by atomic mass is 9.98. The topological polar surface area (TPSA) is 77.1 Å². The van der Waals surface area contributed by atoms with E-state index < -0.39 is 6.04 Å². The molecule has 39 heavy (non-hydrogen) atoms. The van der Waals surface area contributed by atoms with E-state index in [4.69, 9.17) is 14.2 Å². The van der Waals surface area contributed by atoms with Crippen molar-refractivity contribution in [3.05, 3.63) is 102 Å². The normalized spacial score (nSPS) is 21.1. The molecular weight excluding hydrogens is 492 g/mol. The smallest absolute Gasteiger partial charge is 0.258 e. The first-order valence-corrected chi connectivity index (χ1v) is 13.1. The molecule has 0 aromatic heterocycles. The largest absolute Gasteiger partial charge is 0.497 e. The number of nitrogens with one attached hydrogen (secondary N) is 1. The molecule has 0 aliphatic carbocycles. The summed E-state index contributed by atoms with van der Waals surface area (Å²) in [4.78, 5) is 29.3. The number of ether oxygens (including phenoxy) is 3. The van der Waals surface area contributed by atoms with Gasteiger partial charge in [0.15, 0.2) is 0 Å². The first-order valence-electron chi connectivity index (χ1n) is 13.1. The quantitative estimate of drug-likeness (QED) is 0.451. The highest BCUT2D eigenvalue weighted by Crippen LogP contribution is 2.32. The maximum Gasteiger partial charge on any atom is 0.258 e. The van der Waals surface area contributed by atoms with Gasteiger partial charge in [-0.25, -0.2) is 0 Å². The van der Waals surface area contributed by atoms with E-state index in [1.807, 2.05) is 67.6 Å². The molecule has 3 atom stereocenters. The maximum atomic E-state index is 14.0. The van der Waals surface area contributed by atoms with Crippen molar-refractivity contribution in [2.45, 2.75) is 44.4 Å². The van der Waals surface area contributed by atoms with E-state index in [2.05, 4.69) is 5.32 Å². The highest BCUT2D eigenvalue weighted by molar-refractivity contribution is 5.99. The average Bonchev–Trinajstić information content (AvgIpc) is 2.96. The van der Waals surface area contributed by atoms with Crippen molar-refractivity contribution in [3.8, 4) is 17.2 Å². The number of para-hydroxylation sites is 1. The molecule has 1 aliphatic heterocycles. The number of carbonyl (C=O) groups excluding carboxylic acids is 2. The second kappa shape index (κ2) is 13.0. The summed E-state index contributed by atoms with van der Waals surface area (Å²) in [7, 11) is 4.87. The van der Waals surface area contributed by atoms with Crippen molar-refractivity contribution >= 4 is 11.8 Å². The van der Waals surface area contributed by atoms with Crippen molar-refractivity contribution in [1.29, 1.82) is 0 Å². The van der Waals surface area contributed by atoms with Gasteiger partial charge in [0.1, 0.15) is 23.3 Å². The summed E-state index contributed by atoms with van der Waals surface area (Å²) in [5, 5.41) is 3.22. The number of rotatable bonds is 5. The van der Waals surface area contributed by atoms with Crippen LogP contribution in [0.15, 0.2) is 84.9 Å². The third-order valence-electron chi connectivity index (χ3n) is 6.95. The van der Waals surface area contributed by atoms with Gasteiger partial charge in [0, 0.05) is 31.5 Å². The van der Waals surface area contributed by atoms with Gasteiger partial charge in [-0.3, -0.25) is 9.59 Å². The van der Waals surface area contributed by atoms with Gasteiger partial charge in [0.05, 0.1) is 31.9 Å². The van der Waals surface area contributed by atoms with Crippen LogP contribution in [0.2, 0.25) is 0 Å². The number of likely N-dealkylation sites (N-methyl/N-ethyl adjacent to an activating group) is 1. The molecule has 0 spiro atoms. The Balaban J connectivity index is 1.76. The number of amides is 2. The summed E-state index contributed by atoms with van der Waals surface area (Å²) in [6, 6.07) is 21.3. The SMILES string of the molecule is COc1ccc([C@H]2C/C=C/C[C@H](C)Oc3ccccc3C(=O)N(C)[C@@H](Cc3ccccc3)C(=O)N2)c(OC)c1. The van der Waals surface area contributed by atoms with Crippen LogP contribution < -0.4 is 19.5 Å². The Morgan fingerprint density at radius 1 is 0.923 bits per heavy atom. The summed E-state index contributed by atoms with van der Waals surface area (Å²) in [5.74, 6) is 1.25. The van der Waals surface area contributed by atoms with Crippen LogP contribution in [-0.4, -0.2) is 50.1 Å². The molecule has 4 rings (SSSR count). The van der Waals surface area contributed by atoms with E-state index in [0.717, 1.165) is 11.1 Å². The minimum Gasteiger partial charge on any atom is -0.497 e. The first-order chi connectivity index (χ1) is 18.9. The third kappa shape index (κ3) is 6.79. The van der Waals surface area contributed by atoms with E-state index in [1.165, 1.54) is 4.90 Å². The van der Waals surface area contributed by atoms with Gasteiger partial charge in [-0.1, -0.05) is 54.6 Å². The number of hydrogen-bond acceptors (Lipinski definition) is 5. The van der Waals surface area contributed by atoms with Crippen LogP contribution in [0.1, 0.15) is 47.3 Å². The van der Waals surface area contributed by atoms with Gasteiger partial charge in [-0.15, -0.1) is 0 Å². The monoisotopic (exact) mass is 528 g/mol. The zero-order valence-electron chi connectivity index (χ0n) is 22.9. The van der Waals surface area contributed by atoms with E-state index in [9.17, 15) is 9.59 Å². The molecule has 0 bridgehead atoms. The second-order valence-electron chi connectivity index (χ2n) is 9.66. The number of benzene rings is 3. The summed E-state index contributed by atoms with van der Waals surface area (Å²) in [6.45, 7) is 1.98. The van der Waals surface area contributed by atoms with Gasteiger partial charge in [-0.2, -0.15) is 0 Å². The molecule has 204 valence electrons. The molecule has 7 heteroatoms. The standard InChI is InChI=1S/C32H36N2O5/c1-22-12-8-10-16-27(25-19-18-24(37-3)21-30(25)38-4)33-31(35)28(20-23-13-6-5-7-14-23)34(2)32(36)26-15-9-11-17-29(26)39-22/h5-11,13-15,17-19,21-22,27-28H,12,16,20H2,1-4H3,(H,33,35)/b10-8+/t22-,27+,28-/m0/s1. The number of fused-ring (bicyclic) bond motifs is 1. The highest BCUT2D eigenvalue weighted by Gasteiger charge is 2.31. The van der Waals surface area contributed by atoms with Crippen molar-refractivity contribution in [1.82, 2.24) is 10.2 Å². The van der Waals surface area contributed by atoms with Crippen molar-refractivity contribution in [2.24, 2.45) is 0 Å². The Labute approximate surface area is 230 Å². The molecule has 2 amide bonds. The van der Waals surface area contributed by atoms with Crippen molar-refractivity contribution in [3.63, 3.8) is 0 Å². The van der Waals surface area contributed by atoms with E-state index >= 15 is 0 Å². The molecule has 0 unspecified atom stereocenters. The average molecular weight is 529 g/mol. The van der Waals surface area contributed by atoms with Crippen LogP contribution in [0.25, 0.3) is 0 Å². The third-order valence-corrected chi connectivity index (χ3v) is 6.95. The summed E-state index contributed by atoms with van der Waals surface area (Å²) in [6.07, 6.45) is 5.49. The number of carbonyl (C=O) groups is 2. The van der Waals surface area contributed by atoms with E-state index in [0.29, 0.717) is 42.1 Å². The molecule has 3 aromatic rings. The van der Waals surface area contributed by atoms with E-state index in [1.54, 1.807) is 45.5 Å². The summed E-state index contributed by atoms with van der Waals surface area (Å²) in [5.41, 5.74) is 2.20. The lowest BCUT2D eigenvalue weighted by Crippen LogP contribution is -2.49. The number of nitrogens with zero attached hydrogens (tertiary/aromatic N) is 1. The molecule has 0 radical (unpaired) electrons. The Bertz CT molecular complexity index is 1310. The van der Waals surface area contributed by atoms with E-state index in [-0.39, 0.29) is 24.0 Å². The first kappa shape index (κ1) is 27.8. The lowest BCUT2D eigenvalue weighted by molar-refractivity contribution is -0.126. The Morgan fingerprint density at radius 3 is 2.38 bits per heavy atom. The molecule has 0 fully saturated rings. The highest BCUT2D eigenvalue weighted by atomic mass is 16.5. The van der Waals surface area contributed by atoms with Crippen molar-refractivity contribution < 1.29 is 23.8 Å². The van der Waals surface area contributed by atoms with Gasteiger partial charge < -0.3 is 24.4 Å². The van der Waals surface area contributed by atoms with Crippen LogP contribution in [0, 0.1) is 0 Å². The predicted octanol–water partition coefficient (Wildman–Crippen LogP) is 5.36. The number of methoxy groups -OCH3 is 2. The molecule has 1 N–H and O–H groups in total. The van der Waals surface area contributed by atoms with Crippen molar-refractivity contribution in [2.75, 3.05) is 21.3 Å². The van der Waals surface area contributed by atoms with Crippen LogP contribution >= 0.6 is 0 Å². The summed E-state index contributed by atoms with van der Waals surface area (Å²) < 4.78 is 17.2. The zero-order chi connectivity index (χ0) is 27.8. The Morgan fingerprint density at radius 2 is 1.64 bits per heavy atom. The molecular formula is C32H36N2O5. The molecule has 1 heterocycles. The van der Waals surface area contributed by atoms with Gasteiger partial charge in [0.2, 0.25) is 5.91 Å². The van der Waals surface area contributed by atoms with Crippen LogP contribution in [0.5, 0.6) is 17.2 Å². The Hall–Kier alpha value is -4.26. The van der Waals surface area contributed by atoms with Gasteiger partial charge in [-0.05, 0) is 43.2 Å². The van der Waals surface area contributed by atoms with Crippen LogP contribution in [-0.2, 0) is 11.2 Å². The summed E-state index contributed by atoms with van der Waals surface area (Å²) >= 11 is 0. The molecule has 7 nitrogen and oxygen atoms in total. The second-order valence-corrected chi connectivity index (χ2v) is 9.66. The molecule has 3 aromatic carbocycles. The fourth-order valence-electron chi connectivity index (χ4n) is 4.74. The number of hydrogen-bond donors (Lipinski definition) is 1. The molecule has 0 saturated heterocycles.